The Morgan fingerprint density at radius 3 is 2.55 bits per heavy atom. The van der Waals surface area contributed by atoms with Crippen LogP contribution < -0.4 is 19.1 Å². The summed E-state index contributed by atoms with van der Waals surface area (Å²) in [6.45, 7) is 7.40. The Balaban J connectivity index is 1.08. The highest BCUT2D eigenvalue weighted by Gasteiger charge is 2.28. The molecule has 4 heterocycles. The van der Waals surface area contributed by atoms with Crippen molar-refractivity contribution < 1.29 is 38.5 Å². The number of para-hydroxylation sites is 1. The average Bonchev–Trinajstić information content (AvgIpc) is 3.68. The monoisotopic (exact) mass is 875 g/mol. The number of aliphatic carboxylic acids is 1. The van der Waals surface area contributed by atoms with E-state index in [1.54, 1.807) is 42.6 Å². The molecular formula is C47H45ClFN6O6S+. The minimum Gasteiger partial charge on any atom is -0.491 e. The van der Waals surface area contributed by atoms with Crippen LogP contribution in [0.1, 0.15) is 22.4 Å². The predicted octanol–water partition coefficient (Wildman–Crippen LogP) is 6.94. The highest BCUT2D eigenvalue weighted by Crippen LogP contribution is 2.49. The first-order valence-corrected chi connectivity index (χ1v) is 21.5. The van der Waals surface area contributed by atoms with E-state index in [0.29, 0.717) is 56.0 Å². The Morgan fingerprint density at radius 2 is 1.76 bits per heavy atom. The Labute approximate surface area is 367 Å². The molecule has 7 aromatic rings. The predicted molar refractivity (Wildman–Crippen MR) is 236 cm³/mol. The van der Waals surface area contributed by atoms with Crippen molar-refractivity contribution in [3.63, 3.8) is 0 Å². The molecular weight excluding hydrogens is 831 g/mol. The summed E-state index contributed by atoms with van der Waals surface area (Å²) in [5.41, 5.74) is 5.60. The lowest BCUT2D eigenvalue weighted by Gasteiger charge is -2.29. The number of aliphatic hydroxyl groups is 1. The van der Waals surface area contributed by atoms with Gasteiger partial charge in [-0.15, -0.1) is 11.3 Å². The molecule has 3 N–H and O–H groups in total. The van der Waals surface area contributed by atoms with Crippen molar-refractivity contribution in [2.45, 2.75) is 32.7 Å². The number of hydrogen-bond acceptors (Lipinski definition) is 11. The van der Waals surface area contributed by atoms with E-state index in [4.69, 9.17) is 25.8 Å². The van der Waals surface area contributed by atoms with Gasteiger partial charge in [0.05, 0.1) is 42.8 Å². The smallest absolute Gasteiger partial charge is 0.345 e. The summed E-state index contributed by atoms with van der Waals surface area (Å²) in [7, 11) is 2.21. The van der Waals surface area contributed by atoms with Crippen LogP contribution in [0.15, 0.2) is 104 Å². The standard InChI is InChI=1S/C47H44ClFN6O6S/c1-29-36(14-15-38(42(29)48)59-23-22-55-20-18-54(2)19-21-55)40-41-45(51-28-52-46(41)62-43(40)31-10-12-34(49)13-11-31)61-39(47(57)58)25-32-7-3-4-9-37(32)60-27-35-16-17-50-44(53-35)33-8-5-6-30(24-33)26-56/h3-17,24,28,39,56H,18-23,25-27H2,1-2H3,(H,57,58)/p+1. The van der Waals surface area contributed by atoms with Crippen LogP contribution in [-0.2, 0) is 24.4 Å². The zero-order valence-corrected chi connectivity index (χ0v) is 35.8. The molecule has 0 radical (unpaired) electrons. The first-order chi connectivity index (χ1) is 30.1. The van der Waals surface area contributed by atoms with Crippen molar-refractivity contribution in [3.05, 3.63) is 137 Å². The maximum Gasteiger partial charge on any atom is 0.345 e. The van der Waals surface area contributed by atoms with Crippen LogP contribution in [0.4, 0.5) is 4.39 Å². The number of hydrogen-bond donors (Lipinski definition) is 3. The molecule has 1 saturated heterocycles. The molecule has 8 rings (SSSR count). The van der Waals surface area contributed by atoms with Crippen molar-refractivity contribution in [2.24, 2.45) is 0 Å². The van der Waals surface area contributed by atoms with Gasteiger partial charge in [-0.2, -0.15) is 0 Å². The van der Waals surface area contributed by atoms with E-state index in [-0.39, 0.29) is 31.3 Å². The van der Waals surface area contributed by atoms with E-state index in [0.717, 1.165) is 65.4 Å². The van der Waals surface area contributed by atoms with Crippen LogP contribution in [0.5, 0.6) is 17.4 Å². The van der Waals surface area contributed by atoms with Gasteiger partial charge in [0.2, 0.25) is 12.0 Å². The highest BCUT2D eigenvalue weighted by atomic mass is 35.5. The number of carboxylic acid groups (broad SMARTS) is 1. The Hall–Kier alpha value is -6.03. The molecule has 0 bridgehead atoms. The minimum atomic E-state index is -1.38. The molecule has 3 aromatic heterocycles. The molecule has 1 unspecified atom stereocenters. The lowest BCUT2D eigenvalue weighted by molar-refractivity contribution is -0.884. The van der Waals surface area contributed by atoms with Gasteiger partial charge in [0.1, 0.15) is 41.7 Å². The van der Waals surface area contributed by atoms with E-state index in [1.807, 2.05) is 49.4 Å². The number of piperazine rings is 1. The topological polar surface area (TPSA) is 144 Å². The molecule has 12 nitrogen and oxygen atoms in total. The number of ether oxygens (including phenoxy) is 3. The second-order valence-electron chi connectivity index (χ2n) is 15.1. The molecule has 0 saturated carbocycles. The summed E-state index contributed by atoms with van der Waals surface area (Å²) >= 11 is 8.42. The van der Waals surface area contributed by atoms with Gasteiger partial charge < -0.3 is 29.3 Å². The molecule has 318 valence electrons. The second-order valence-corrected chi connectivity index (χ2v) is 16.5. The number of carboxylic acids is 1. The number of nitrogens with one attached hydrogen (secondary N) is 1. The van der Waals surface area contributed by atoms with Crippen molar-refractivity contribution in [1.29, 1.82) is 0 Å². The number of benzene rings is 4. The number of aliphatic hydroxyl groups excluding tert-OH is 1. The fourth-order valence-corrected chi connectivity index (χ4v) is 8.82. The van der Waals surface area contributed by atoms with Crippen LogP contribution >= 0.6 is 22.9 Å². The number of thiophene rings is 1. The molecule has 1 aliphatic rings. The summed E-state index contributed by atoms with van der Waals surface area (Å²) in [5, 5.41) is 21.1. The third-order valence-electron chi connectivity index (χ3n) is 10.9. The summed E-state index contributed by atoms with van der Waals surface area (Å²) in [5.74, 6) is 0.00110. The number of carbonyl (C=O) groups is 1. The van der Waals surface area contributed by atoms with Gasteiger partial charge in [-0.05, 0) is 71.1 Å². The Bertz CT molecular complexity index is 2690. The average molecular weight is 876 g/mol. The van der Waals surface area contributed by atoms with Gasteiger partial charge in [-0.3, -0.25) is 4.90 Å². The van der Waals surface area contributed by atoms with E-state index < -0.39 is 12.1 Å². The third-order valence-corrected chi connectivity index (χ3v) is 12.5. The SMILES string of the molecule is Cc1c(-c2c(-c3ccc(F)cc3)sc3ncnc(OC(Cc4ccccc4OCc4ccnc(-c5cccc(CO)c5)n4)C(=O)O)c23)ccc(OCCN2CC[NH+](C)CC2)c1Cl. The van der Waals surface area contributed by atoms with Gasteiger partial charge in [-0.1, -0.05) is 66.2 Å². The Morgan fingerprint density at radius 1 is 0.952 bits per heavy atom. The number of aromatic nitrogens is 4. The molecule has 62 heavy (non-hydrogen) atoms. The first-order valence-electron chi connectivity index (χ1n) is 20.3. The highest BCUT2D eigenvalue weighted by molar-refractivity contribution is 7.22. The van der Waals surface area contributed by atoms with Crippen LogP contribution in [0.3, 0.4) is 0 Å². The van der Waals surface area contributed by atoms with Crippen LogP contribution in [-0.4, -0.2) is 93.5 Å². The maximum absolute atomic E-state index is 14.2. The third kappa shape index (κ3) is 9.70. The summed E-state index contributed by atoms with van der Waals surface area (Å²) in [4.78, 5) is 36.4. The van der Waals surface area contributed by atoms with Gasteiger partial charge in [0.15, 0.2) is 5.82 Å². The van der Waals surface area contributed by atoms with Crippen LogP contribution in [0, 0.1) is 12.7 Å². The molecule has 0 aliphatic carbocycles. The van der Waals surface area contributed by atoms with Crippen molar-refractivity contribution in [2.75, 3.05) is 46.4 Å². The molecule has 0 spiro atoms. The number of rotatable bonds is 16. The molecule has 1 aliphatic heterocycles. The second kappa shape index (κ2) is 19.3. The largest absolute Gasteiger partial charge is 0.491 e. The number of fused-ring (bicyclic) bond motifs is 1. The lowest BCUT2D eigenvalue weighted by Crippen LogP contribution is -3.12. The quantitative estimate of drug-likeness (QED) is 0.0930. The van der Waals surface area contributed by atoms with E-state index in [9.17, 15) is 19.4 Å². The van der Waals surface area contributed by atoms with E-state index in [1.165, 1.54) is 34.7 Å². The maximum atomic E-state index is 14.2. The van der Waals surface area contributed by atoms with Gasteiger partial charge in [0, 0.05) is 48.3 Å². The molecule has 1 fully saturated rings. The van der Waals surface area contributed by atoms with Crippen molar-refractivity contribution in [3.8, 4) is 50.3 Å². The summed E-state index contributed by atoms with van der Waals surface area (Å²) < 4.78 is 33.0. The van der Waals surface area contributed by atoms with Crippen LogP contribution in [0.25, 0.3) is 43.2 Å². The van der Waals surface area contributed by atoms with Gasteiger partial charge in [-0.25, -0.2) is 29.1 Å². The molecule has 4 aromatic carbocycles. The van der Waals surface area contributed by atoms with E-state index in [2.05, 4.69) is 31.9 Å². The summed E-state index contributed by atoms with van der Waals surface area (Å²) in [6, 6.07) is 26.2. The van der Waals surface area contributed by atoms with Crippen molar-refractivity contribution >= 4 is 39.1 Å². The fourth-order valence-electron chi connectivity index (χ4n) is 7.45. The number of halogens is 2. The number of nitrogens with zero attached hydrogens (tertiary/aromatic N) is 5. The zero-order chi connectivity index (χ0) is 43.2. The van der Waals surface area contributed by atoms with Crippen LogP contribution in [0.2, 0.25) is 5.02 Å². The van der Waals surface area contributed by atoms with Crippen molar-refractivity contribution in [1.82, 2.24) is 24.8 Å². The minimum absolute atomic E-state index is 0.0591. The molecule has 0 amide bonds. The van der Waals surface area contributed by atoms with E-state index >= 15 is 0 Å². The normalized spacial score (nSPS) is 13.9. The fraction of sp³-hybridized carbons (Fsp3) is 0.255. The number of quaternary nitrogens is 1. The lowest BCUT2D eigenvalue weighted by atomic mass is 9.96. The first kappa shape index (κ1) is 42.7. The Kier molecular flexibility index (Phi) is 13.3. The zero-order valence-electron chi connectivity index (χ0n) is 34.2. The summed E-state index contributed by atoms with van der Waals surface area (Å²) in [6.07, 6.45) is 1.55. The van der Waals surface area contributed by atoms with Gasteiger partial charge in [0.25, 0.3) is 0 Å². The van der Waals surface area contributed by atoms with Gasteiger partial charge >= 0.3 is 5.97 Å². The number of likely N-dealkylation sites (N-methyl/N-ethyl adjacent to an activating group) is 1. The molecule has 15 heteroatoms. The molecule has 1 atom stereocenters.